The topological polar surface area (TPSA) is 12.0 Å². The highest BCUT2D eigenvalue weighted by atomic mass is 19.1. The lowest BCUT2D eigenvalue weighted by molar-refractivity contribution is 0.133. The number of rotatable bonds is 4. The van der Waals surface area contributed by atoms with Gasteiger partial charge in [-0.15, -0.1) is 0 Å². The van der Waals surface area contributed by atoms with Crippen LogP contribution in [0.3, 0.4) is 0 Å². The molecule has 0 radical (unpaired) electrons. The van der Waals surface area contributed by atoms with Crippen molar-refractivity contribution in [3.63, 3.8) is 0 Å². The molecular weight excluding hydrogens is 189 g/mol. The van der Waals surface area contributed by atoms with Crippen molar-refractivity contribution in [3.8, 4) is 0 Å². The lowest BCUT2D eigenvalue weighted by Gasteiger charge is -2.42. The molecule has 1 nitrogen and oxygen atoms in total. The van der Waals surface area contributed by atoms with E-state index in [-0.39, 0.29) is 5.82 Å². The normalized spacial score (nSPS) is 18.5. The summed E-state index contributed by atoms with van der Waals surface area (Å²) in [4.78, 5) is 0. The van der Waals surface area contributed by atoms with Crippen LogP contribution in [0.2, 0.25) is 0 Å². The predicted molar refractivity (Wildman–Crippen MR) is 60.3 cm³/mol. The predicted octanol–water partition coefficient (Wildman–Crippen LogP) is 2.76. The molecule has 82 valence electrons. The first-order valence-corrected chi connectivity index (χ1v) is 5.63. The molecule has 1 aliphatic rings. The molecule has 1 aromatic rings. The van der Waals surface area contributed by atoms with Crippen molar-refractivity contribution >= 4 is 0 Å². The average Bonchev–Trinajstić information content (AvgIpc) is 2.15. The van der Waals surface area contributed by atoms with Crippen LogP contribution in [0.1, 0.15) is 24.8 Å². The number of nitrogens with one attached hydrogen (secondary N) is 1. The Kier molecular flexibility index (Phi) is 3.06. The zero-order valence-corrected chi connectivity index (χ0v) is 9.22. The van der Waals surface area contributed by atoms with Crippen LogP contribution in [0.4, 0.5) is 4.39 Å². The Hall–Kier alpha value is -0.890. The highest BCUT2D eigenvalue weighted by molar-refractivity contribution is 5.19. The van der Waals surface area contributed by atoms with E-state index in [1.807, 2.05) is 13.1 Å². The van der Waals surface area contributed by atoms with Crippen molar-refractivity contribution in [2.24, 2.45) is 5.41 Å². The van der Waals surface area contributed by atoms with Crippen molar-refractivity contribution in [2.45, 2.75) is 25.7 Å². The Balaban J connectivity index is 2.06. The Morgan fingerprint density at radius 1 is 1.40 bits per heavy atom. The van der Waals surface area contributed by atoms with E-state index in [2.05, 4.69) is 5.32 Å². The van der Waals surface area contributed by atoms with Gasteiger partial charge >= 0.3 is 0 Å². The van der Waals surface area contributed by atoms with Gasteiger partial charge in [0.25, 0.3) is 0 Å². The summed E-state index contributed by atoms with van der Waals surface area (Å²) in [6.45, 7) is 1.05. The smallest absolute Gasteiger partial charge is 0.123 e. The van der Waals surface area contributed by atoms with E-state index in [0.29, 0.717) is 5.41 Å². The lowest BCUT2D eigenvalue weighted by atomic mass is 9.65. The molecule has 2 heteroatoms. The molecule has 0 unspecified atom stereocenters. The minimum atomic E-state index is -0.119. The van der Waals surface area contributed by atoms with Gasteiger partial charge in [0.15, 0.2) is 0 Å². The van der Waals surface area contributed by atoms with Crippen molar-refractivity contribution < 1.29 is 4.39 Å². The number of benzene rings is 1. The summed E-state index contributed by atoms with van der Waals surface area (Å²) in [5.41, 5.74) is 1.52. The maximum absolute atomic E-state index is 13.0. The SMILES string of the molecule is CNCC1(Cc2cccc(F)c2)CCC1. The van der Waals surface area contributed by atoms with E-state index in [4.69, 9.17) is 0 Å². The second-order valence-corrected chi connectivity index (χ2v) is 4.69. The van der Waals surface area contributed by atoms with Gasteiger partial charge in [0.1, 0.15) is 5.82 Å². The van der Waals surface area contributed by atoms with Gasteiger partial charge in [0.2, 0.25) is 0 Å². The highest BCUT2D eigenvalue weighted by Crippen LogP contribution is 2.43. The fourth-order valence-electron chi connectivity index (χ4n) is 2.55. The van der Waals surface area contributed by atoms with Crippen LogP contribution in [0.5, 0.6) is 0 Å². The van der Waals surface area contributed by atoms with Crippen LogP contribution in [-0.4, -0.2) is 13.6 Å². The Labute approximate surface area is 90.7 Å². The van der Waals surface area contributed by atoms with Gasteiger partial charge in [-0.2, -0.15) is 0 Å². The molecule has 1 fully saturated rings. The molecular formula is C13H18FN. The quantitative estimate of drug-likeness (QED) is 0.800. The van der Waals surface area contributed by atoms with Crippen LogP contribution in [-0.2, 0) is 6.42 Å². The largest absolute Gasteiger partial charge is 0.319 e. The van der Waals surface area contributed by atoms with Crippen LogP contribution in [0.25, 0.3) is 0 Å². The monoisotopic (exact) mass is 207 g/mol. The summed E-state index contributed by atoms with van der Waals surface area (Å²) in [5.74, 6) is -0.119. The Morgan fingerprint density at radius 3 is 2.73 bits per heavy atom. The average molecular weight is 207 g/mol. The van der Waals surface area contributed by atoms with E-state index < -0.39 is 0 Å². The number of halogens is 1. The molecule has 0 saturated heterocycles. The van der Waals surface area contributed by atoms with E-state index in [1.54, 1.807) is 12.1 Å². The lowest BCUT2D eigenvalue weighted by Crippen LogP contribution is -2.40. The molecule has 1 aliphatic carbocycles. The van der Waals surface area contributed by atoms with Crippen LogP contribution in [0.15, 0.2) is 24.3 Å². The fourth-order valence-corrected chi connectivity index (χ4v) is 2.55. The van der Waals surface area contributed by atoms with Gasteiger partial charge in [-0.25, -0.2) is 4.39 Å². The molecule has 0 bridgehead atoms. The third kappa shape index (κ3) is 2.37. The zero-order chi connectivity index (χ0) is 10.7. The van der Waals surface area contributed by atoms with Crippen LogP contribution >= 0.6 is 0 Å². The standard InChI is InChI=1S/C13H18FN/c1-15-10-13(6-3-7-13)9-11-4-2-5-12(14)8-11/h2,4-5,8,15H,3,6-7,9-10H2,1H3. The zero-order valence-electron chi connectivity index (χ0n) is 9.22. The third-order valence-electron chi connectivity index (χ3n) is 3.43. The Bertz CT molecular complexity index is 331. The summed E-state index contributed by atoms with van der Waals surface area (Å²) in [6.07, 6.45) is 4.86. The molecule has 1 N–H and O–H groups in total. The van der Waals surface area contributed by atoms with Gasteiger partial charge in [-0.05, 0) is 49.4 Å². The van der Waals surface area contributed by atoms with Gasteiger partial charge in [-0.3, -0.25) is 0 Å². The maximum Gasteiger partial charge on any atom is 0.123 e. The van der Waals surface area contributed by atoms with Gasteiger partial charge in [0.05, 0.1) is 0 Å². The molecule has 0 aliphatic heterocycles. The third-order valence-corrected chi connectivity index (χ3v) is 3.43. The van der Waals surface area contributed by atoms with Crippen LogP contribution in [0, 0.1) is 11.2 Å². The van der Waals surface area contributed by atoms with Crippen molar-refractivity contribution in [3.05, 3.63) is 35.6 Å². The fraction of sp³-hybridized carbons (Fsp3) is 0.538. The van der Waals surface area contributed by atoms with Crippen molar-refractivity contribution in [1.29, 1.82) is 0 Å². The first-order chi connectivity index (χ1) is 7.24. The molecule has 0 amide bonds. The summed E-state index contributed by atoms with van der Waals surface area (Å²) in [5, 5.41) is 3.25. The summed E-state index contributed by atoms with van der Waals surface area (Å²) >= 11 is 0. The second-order valence-electron chi connectivity index (χ2n) is 4.69. The molecule has 0 spiro atoms. The maximum atomic E-state index is 13.0. The molecule has 2 rings (SSSR count). The summed E-state index contributed by atoms with van der Waals surface area (Å²) in [6, 6.07) is 7.00. The number of hydrogen-bond donors (Lipinski definition) is 1. The first kappa shape index (κ1) is 10.6. The summed E-state index contributed by atoms with van der Waals surface area (Å²) in [7, 11) is 1.99. The molecule has 0 aromatic heterocycles. The first-order valence-electron chi connectivity index (χ1n) is 5.63. The van der Waals surface area contributed by atoms with Gasteiger partial charge in [0, 0.05) is 6.54 Å². The minimum Gasteiger partial charge on any atom is -0.319 e. The molecule has 0 heterocycles. The summed E-state index contributed by atoms with van der Waals surface area (Å²) < 4.78 is 13.0. The molecule has 1 saturated carbocycles. The second kappa shape index (κ2) is 4.31. The highest BCUT2D eigenvalue weighted by Gasteiger charge is 2.36. The number of hydrogen-bond acceptors (Lipinski definition) is 1. The van der Waals surface area contributed by atoms with Crippen LogP contribution < -0.4 is 5.32 Å². The van der Waals surface area contributed by atoms with E-state index >= 15 is 0 Å². The van der Waals surface area contributed by atoms with Crippen molar-refractivity contribution in [2.75, 3.05) is 13.6 Å². The van der Waals surface area contributed by atoms with Crippen molar-refractivity contribution in [1.82, 2.24) is 5.32 Å². The van der Waals surface area contributed by atoms with E-state index in [0.717, 1.165) is 18.5 Å². The minimum absolute atomic E-state index is 0.119. The van der Waals surface area contributed by atoms with E-state index in [1.165, 1.54) is 25.3 Å². The van der Waals surface area contributed by atoms with Gasteiger partial charge < -0.3 is 5.32 Å². The molecule has 1 aromatic carbocycles. The Morgan fingerprint density at radius 2 is 2.20 bits per heavy atom. The molecule has 15 heavy (non-hydrogen) atoms. The van der Waals surface area contributed by atoms with Gasteiger partial charge in [-0.1, -0.05) is 18.6 Å². The molecule has 0 atom stereocenters. The van der Waals surface area contributed by atoms with E-state index in [9.17, 15) is 4.39 Å².